The summed E-state index contributed by atoms with van der Waals surface area (Å²) in [5.41, 5.74) is 7.34. The minimum Gasteiger partial charge on any atom is -0.306 e. The Hall–Kier alpha value is -6.67. The monoisotopic (exact) mass is 666 g/mol. The third-order valence-corrected chi connectivity index (χ3v) is 9.69. The molecule has 0 bridgehead atoms. The van der Waals surface area contributed by atoms with Crippen LogP contribution in [0.1, 0.15) is 18.2 Å². The van der Waals surface area contributed by atoms with Crippen LogP contribution in [0.15, 0.2) is 152 Å². The lowest BCUT2D eigenvalue weighted by Crippen LogP contribution is -2.11. The number of aromatic nitrogens is 6. The van der Waals surface area contributed by atoms with Crippen LogP contribution in [-0.4, -0.2) is 28.7 Å². The molecule has 0 amide bonds. The second kappa shape index (κ2) is 11.5. The van der Waals surface area contributed by atoms with Gasteiger partial charge in [-0.2, -0.15) is 9.97 Å². The first-order chi connectivity index (χ1) is 25.1. The maximum atomic E-state index is 15.4. The van der Waals surface area contributed by atoms with Crippen LogP contribution in [0.4, 0.5) is 8.78 Å². The van der Waals surface area contributed by atoms with Crippen molar-refractivity contribution in [1.29, 1.82) is 0 Å². The first-order valence-corrected chi connectivity index (χ1v) is 16.9. The summed E-state index contributed by atoms with van der Waals surface area (Å²) in [4.78, 5) is 15.3. The maximum Gasteiger partial charge on any atom is 0.238 e. The van der Waals surface area contributed by atoms with E-state index in [0.29, 0.717) is 23.0 Å². The Balaban J connectivity index is 1.44. The van der Waals surface area contributed by atoms with Gasteiger partial charge in [-0.1, -0.05) is 91.0 Å². The maximum absolute atomic E-state index is 15.4. The lowest BCUT2D eigenvalue weighted by molar-refractivity contribution is 0.629. The van der Waals surface area contributed by atoms with E-state index >= 15 is 8.78 Å². The molecule has 4 aromatic heterocycles. The molecule has 8 heteroatoms. The fourth-order valence-electron chi connectivity index (χ4n) is 7.52. The molecule has 0 N–H and O–H groups in total. The highest BCUT2D eigenvalue weighted by atomic mass is 19.1. The minimum atomic E-state index is -0.366. The standard InChI is InChI=1S/C43H28F2N6/c44-29-21-23-35-33(25-29)37-39(49(35)31-17-9-3-10-18-31)40-38(50(37)32-19-11-4-12-20-32)34-26-30(45)22-24-36(34)51(40)43-47-41(27-13-5-1-6-14-27)46-42(48-43)28-15-7-2-8-16-28/h1-15,17-26,28H,16H2. The van der Waals surface area contributed by atoms with Gasteiger partial charge < -0.3 is 9.13 Å². The quantitative estimate of drug-likeness (QED) is 0.184. The Morgan fingerprint density at radius 3 is 1.71 bits per heavy atom. The number of para-hydroxylation sites is 2. The van der Waals surface area contributed by atoms with Gasteiger partial charge in [0.1, 0.15) is 23.0 Å². The van der Waals surface area contributed by atoms with Crippen LogP contribution in [-0.2, 0) is 0 Å². The molecule has 0 spiro atoms. The van der Waals surface area contributed by atoms with E-state index in [1.165, 1.54) is 12.1 Å². The van der Waals surface area contributed by atoms with Gasteiger partial charge in [-0.25, -0.2) is 13.8 Å². The molecule has 244 valence electrons. The molecule has 6 nitrogen and oxygen atoms in total. The molecule has 0 radical (unpaired) electrons. The van der Waals surface area contributed by atoms with E-state index in [0.717, 1.165) is 61.8 Å². The molecular weight excluding hydrogens is 639 g/mol. The third kappa shape index (κ3) is 4.57. The van der Waals surface area contributed by atoms with Gasteiger partial charge in [-0.05, 0) is 67.1 Å². The van der Waals surface area contributed by atoms with Crippen molar-refractivity contribution in [3.63, 3.8) is 0 Å². The highest BCUT2D eigenvalue weighted by Crippen LogP contribution is 2.45. The second-order valence-corrected chi connectivity index (χ2v) is 12.7. The molecule has 10 rings (SSSR count). The van der Waals surface area contributed by atoms with Gasteiger partial charge in [0.05, 0.1) is 27.6 Å². The van der Waals surface area contributed by atoms with Crippen LogP contribution in [0.5, 0.6) is 0 Å². The molecule has 1 aliphatic rings. The summed E-state index contributed by atoms with van der Waals surface area (Å²) in [5.74, 6) is 0.830. The molecule has 5 aromatic carbocycles. The van der Waals surface area contributed by atoms with Gasteiger partial charge in [-0.3, -0.25) is 4.57 Å². The van der Waals surface area contributed by atoms with Gasteiger partial charge in [0.25, 0.3) is 0 Å². The predicted octanol–water partition coefficient (Wildman–Crippen LogP) is 10.4. The average Bonchev–Trinajstić information content (AvgIpc) is 3.81. The smallest absolute Gasteiger partial charge is 0.238 e. The molecule has 1 atom stereocenters. The predicted molar refractivity (Wildman–Crippen MR) is 199 cm³/mol. The van der Waals surface area contributed by atoms with Crippen molar-refractivity contribution in [2.75, 3.05) is 0 Å². The number of fused-ring (bicyclic) bond motifs is 7. The molecule has 0 aliphatic heterocycles. The normalized spacial score (nSPS) is 14.4. The van der Waals surface area contributed by atoms with Gasteiger partial charge in [0.2, 0.25) is 5.95 Å². The van der Waals surface area contributed by atoms with E-state index < -0.39 is 0 Å². The van der Waals surface area contributed by atoms with E-state index in [1.54, 1.807) is 18.2 Å². The van der Waals surface area contributed by atoms with Crippen molar-refractivity contribution in [2.45, 2.75) is 12.3 Å². The van der Waals surface area contributed by atoms with Gasteiger partial charge >= 0.3 is 0 Å². The summed E-state index contributed by atoms with van der Waals surface area (Å²) < 4.78 is 37.0. The average molecular weight is 667 g/mol. The SMILES string of the molecule is Fc1ccc2c(c1)c1c(c3c(c4cc(F)ccc4n3-c3nc(-c4ccccc4)nc(C4C=CC=CC4)n3)n1-c1ccccc1)n2-c1ccccc1. The zero-order valence-electron chi connectivity index (χ0n) is 27.2. The van der Waals surface area contributed by atoms with E-state index in [9.17, 15) is 0 Å². The number of rotatable bonds is 5. The van der Waals surface area contributed by atoms with Crippen LogP contribution < -0.4 is 0 Å². The Kier molecular flexibility index (Phi) is 6.57. The van der Waals surface area contributed by atoms with Gasteiger partial charge in [-0.15, -0.1) is 0 Å². The molecule has 1 unspecified atom stereocenters. The largest absolute Gasteiger partial charge is 0.306 e. The van der Waals surface area contributed by atoms with Crippen molar-refractivity contribution >= 4 is 43.9 Å². The third-order valence-electron chi connectivity index (χ3n) is 9.69. The van der Waals surface area contributed by atoms with Crippen LogP contribution in [0, 0.1) is 11.6 Å². The van der Waals surface area contributed by atoms with Gasteiger partial charge in [0, 0.05) is 33.6 Å². The molecule has 0 saturated heterocycles. The van der Waals surface area contributed by atoms with Crippen molar-refractivity contribution in [1.82, 2.24) is 28.7 Å². The molecule has 0 fully saturated rings. The summed E-state index contributed by atoms with van der Waals surface area (Å²) in [6.45, 7) is 0. The first kappa shape index (κ1) is 29.3. The van der Waals surface area contributed by atoms with E-state index in [2.05, 4.69) is 21.3 Å². The number of benzene rings is 5. The lowest BCUT2D eigenvalue weighted by atomic mass is 10.00. The topological polar surface area (TPSA) is 53.5 Å². The highest BCUT2D eigenvalue weighted by molar-refractivity contribution is 6.25. The van der Waals surface area contributed by atoms with Crippen LogP contribution in [0.3, 0.4) is 0 Å². The van der Waals surface area contributed by atoms with Crippen LogP contribution in [0.2, 0.25) is 0 Å². The number of nitrogens with zero attached hydrogens (tertiary/aromatic N) is 6. The highest BCUT2D eigenvalue weighted by Gasteiger charge is 2.30. The summed E-state index contributed by atoms with van der Waals surface area (Å²) in [7, 11) is 0. The van der Waals surface area contributed by atoms with E-state index in [1.807, 2.05) is 114 Å². The van der Waals surface area contributed by atoms with Crippen LogP contribution in [0.25, 0.3) is 72.6 Å². The summed E-state index contributed by atoms with van der Waals surface area (Å²) in [6.07, 6.45) is 9.03. The Morgan fingerprint density at radius 1 is 0.529 bits per heavy atom. The molecule has 51 heavy (non-hydrogen) atoms. The van der Waals surface area contributed by atoms with Crippen LogP contribution >= 0.6 is 0 Å². The lowest BCUT2D eigenvalue weighted by Gasteiger charge is -2.15. The minimum absolute atomic E-state index is 0.0540. The number of halogens is 2. The summed E-state index contributed by atoms with van der Waals surface area (Å²) >= 11 is 0. The first-order valence-electron chi connectivity index (χ1n) is 16.9. The Labute approximate surface area is 290 Å². The Bertz CT molecular complexity index is 2850. The zero-order chi connectivity index (χ0) is 34.1. The van der Waals surface area contributed by atoms with E-state index in [-0.39, 0.29) is 17.6 Å². The summed E-state index contributed by atoms with van der Waals surface area (Å²) in [6, 6.07) is 39.6. The van der Waals surface area contributed by atoms with Crippen molar-refractivity contribution < 1.29 is 8.78 Å². The molecular formula is C43H28F2N6. The molecule has 1 aliphatic carbocycles. The van der Waals surface area contributed by atoms with Gasteiger partial charge in [0.15, 0.2) is 5.82 Å². The number of hydrogen-bond acceptors (Lipinski definition) is 3. The molecule has 9 aromatic rings. The van der Waals surface area contributed by atoms with Crippen molar-refractivity contribution in [2.24, 2.45) is 0 Å². The van der Waals surface area contributed by atoms with Crippen molar-refractivity contribution in [3.05, 3.63) is 169 Å². The van der Waals surface area contributed by atoms with E-state index in [4.69, 9.17) is 15.0 Å². The van der Waals surface area contributed by atoms with Crippen molar-refractivity contribution in [3.8, 4) is 28.7 Å². The fraction of sp³-hybridized carbons (Fsp3) is 0.0465. The fourth-order valence-corrected chi connectivity index (χ4v) is 7.52. The Morgan fingerprint density at radius 2 is 1.10 bits per heavy atom. The summed E-state index contributed by atoms with van der Waals surface area (Å²) in [5, 5.41) is 1.41. The zero-order valence-corrected chi connectivity index (χ0v) is 27.2. The molecule has 4 heterocycles. The molecule has 0 saturated carbocycles. The second-order valence-electron chi connectivity index (χ2n) is 12.7. The number of hydrogen-bond donors (Lipinski definition) is 0. The number of allylic oxidation sites excluding steroid dienone is 4.